The Labute approximate surface area is 185 Å². The molecule has 0 N–H and O–H groups in total. The molecular weight excluding hydrogens is 360 g/mol. The number of aryl methyl sites for hydroxylation is 1. The maximum Gasteiger partial charge on any atom is -0.0184 e. The summed E-state index contributed by atoms with van der Waals surface area (Å²) in [6.45, 7) is 4.55. The van der Waals surface area contributed by atoms with E-state index in [0.717, 1.165) is 5.92 Å². The normalized spacial score (nSPS) is 16.5. The van der Waals surface area contributed by atoms with Crippen molar-refractivity contribution in [1.82, 2.24) is 0 Å². The Morgan fingerprint density at radius 2 is 1.27 bits per heavy atom. The summed E-state index contributed by atoms with van der Waals surface area (Å²) in [4.78, 5) is 0. The minimum Gasteiger partial charge on any atom is -0.0804 e. The third-order valence-corrected chi connectivity index (χ3v) is 6.85. The largest absolute Gasteiger partial charge is 0.0804 e. The number of hydrogen-bond donors (Lipinski definition) is 0. The molecule has 0 saturated heterocycles. The molecule has 2 aromatic rings. The molecule has 0 saturated carbocycles. The SMILES string of the molecule is CCCCCCCCC1CC=C(c2ccc(-c3ccc(CCCC)cc3)cc2)CC1. The lowest BCUT2D eigenvalue weighted by Gasteiger charge is -2.22. The second-order valence-electron chi connectivity index (χ2n) is 9.30. The molecule has 0 nitrogen and oxygen atoms in total. The fourth-order valence-corrected chi connectivity index (χ4v) is 4.75. The summed E-state index contributed by atoms with van der Waals surface area (Å²) >= 11 is 0. The molecular formula is C30H42. The zero-order valence-corrected chi connectivity index (χ0v) is 19.5. The van der Waals surface area contributed by atoms with E-state index in [9.17, 15) is 0 Å². The van der Waals surface area contributed by atoms with E-state index in [4.69, 9.17) is 0 Å². The second kappa shape index (κ2) is 12.8. The Balaban J connectivity index is 1.47. The van der Waals surface area contributed by atoms with Gasteiger partial charge in [-0.05, 0) is 65.8 Å². The van der Waals surface area contributed by atoms with Crippen LogP contribution in [0.3, 0.4) is 0 Å². The van der Waals surface area contributed by atoms with E-state index in [1.54, 1.807) is 5.57 Å². The van der Waals surface area contributed by atoms with E-state index in [1.807, 2.05) is 0 Å². The molecule has 1 unspecified atom stereocenters. The van der Waals surface area contributed by atoms with Crippen molar-refractivity contribution in [3.63, 3.8) is 0 Å². The summed E-state index contributed by atoms with van der Waals surface area (Å²) in [5.74, 6) is 0.922. The average Bonchev–Trinajstić information content (AvgIpc) is 2.81. The first-order valence-electron chi connectivity index (χ1n) is 12.7. The monoisotopic (exact) mass is 402 g/mol. The molecule has 0 bridgehead atoms. The molecule has 0 heterocycles. The highest BCUT2D eigenvalue weighted by Crippen LogP contribution is 2.33. The molecule has 3 rings (SSSR count). The lowest BCUT2D eigenvalue weighted by atomic mass is 9.83. The molecule has 30 heavy (non-hydrogen) atoms. The van der Waals surface area contributed by atoms with Crippen LogP contribution in [0.2, 0.25) is 0 Å². The number of unbranched alkanes of at least 4 members (excludes halogenated alkanes) is 6. The van der Waals surface area contributed by atoms with Crippen LogP contribution in [0.4, 0.5) is 0 Å². The molecule has 2 aromatic carbocycles. The fourth-order valence-electron chi connectivity index (χ4n) is 4.75. The minimum atomic E-state index is 0.922. The van der Waals surface area contributed by atoms with Crippen LogP contribution in [0.5, 0.6) is 0 Å². The van der Waals surface area contributed by atoms with Crippen LogP contribution in [0.1, 0.15) is 102 Å². The minimum absolute atomic E-state index is 0.922. The van der Waals surface area contributed by atoms with Gasteiger partial charge in [0.05, 0.1) is 0 Å². The quantitative estimate of drug-likeness (QED) is 0.310. The summed E-state index contributed by atoms with van der Waals surface area (Å²) in [5.41, 5.74) is 7.11. The van der Waals surface area contributed by atoms with Gasteiger partial charge in [0.1, 0.15) is 0 Å². The third kappa shape index (κ3) is 7.15. The maximum absolute atomic E-state index is 2.53. The first kappa shape index (κ1) is 22.9. The van der Waals surface area contributed by atoms with Crippen molar-refractivity contribution in [3.8, 4) is 11.1 Å². The van der Waals surface area contributed by atoms with Crippen molar-refractivity contribution < 1.29 is 0 Å². The molecule has 1 aliphatic rings. The Morgan fingerprint density at radius 3 is 1.90 bits per heavy atom. The van der Waals surface area contributed by atoms with E-state index in [0.29, 0.717) is 0 Å². The second-order valence-corrected chi connectivity index (χ2v) is 9.30. The molecule has 0 spiro atoms. The van der Waals surface area contributed by atoms with Gasteiger partial charge in [0.2, 0.25) is 0 Å². The van der Waals surface area contributed by atoms with E-state index in [-0.39, 0.29) is 0 Å². The van der Waals surface area contributed by atoms with Gasteiger partial charge in [0, 0.05) is 0 Å². The van der Waals surface area contributed by atoms with Crippen LogP contribution in [0.15, 0.2) is 54.6 Å². The number of benzene rings is 2. The predicted octanol–water partition coefficient (Wildman–Crippen LogP) is 9.63. The highest BCUT2D eigenvalue weighted by molar-refractivity contribution is 5.71. The molecule has 0 aromatic heterocycles. The van der Waals surface area contributed by atoms with Crippen molar-refractivity contribution in [2.75, 3.05) is 0 Å². The van der Waals surface area contributed by atoms with Crippen LogP contribution in [-0.4, -0.2) is 0 Å². The highest BCUT2D eigenvalue weighted by atomic mass is 14.2. The summed E-state index contributed by atoms with van der Waals surface area (Å²) in [6.07, 6.45) is 20.1. The Bertz CT molecular complexity index is 748. The molecule has 0 amide bonds. The molecule has 0 aliphatic heterocycles. The van der Waals surface area contributed by atoms with Crippen molar-refractivity contribution in [1.29, 1.82) is 0 Å². The summed E-state index contributed by atoms with van der Waals surface area (Å²) in [6, 6.07) is 18.4. The van der Waals surface area contributed by atoms with Crippen molar-refractivity contribution in [2.45, 2.75) is 97.3 Å². The third-order valence-electron chi connectivity index (χ3n) is 6.85. The van der Waals surface area contributed by atoms with Gasteiger partial charge in [0.15, 0.2) is 0 Å². The van der Waals surface area contributed by atoms with Gasteiger partial charge in [-0.2, -0.15) is 0 Å². The van der Waals surface area contributed by atoms with Gasteiger partial charge in [-0.3, -0.25) is 0 Å². The van der Waals surface area contributed by atoms with Crippen LogP contribution < -0.4 is 0 Å². The Hall–Kier alpha value is -1.82. The Kier molecular flexibility index (Phi) is 9.74. The average molecular weight is 403 g/mol. The van der Waals surface area contributed by atoms with Crippen LogP contribution in [-0.2, 0) is 6.42 Å². The standard InChI is InChI=1S/C30H42/c1-3-5-7-8-9-10-12-26-15-19-28(20-16-26)30-23-21-29(22-24-30)27-17-13-25(14-18-27)11-6-4-2/h13-14,17-19,21-24,26H,3-12,15-16,20H2,1-2H3. The Morgan fingerprint density at radius 1 is 0.667 bits per heavy atom. The van der Waals surface area contributed by atoms with Gasteiger partial charge >= 0.3 is 0 Å². The smallest absolute Gasteiger partial charge is 0.0184 e. The molecule has 0 fully saturated rings. The summed E-state index contributed by atoms with van der Waals surface area (Å²) in [5, 5.41) is 0. The number of hydrogen-bond acceptors (Lipinski definition) is 0. The van der Waals surface area contributed by atoms with Gasteiger partial charge in [0.25, 0.3) is 0 Å². The molecule has 1 aliphatic carbocycles. The van der Waals surface area contributed by atoms with E-state index in [1.165, 1.54) is 106 Å². The lowest BCUT2D eigenvalue weighted by molar-refractivity contribution is 0.423. The summed E-state index contributed by atoms with van der Waals surface area (Å²) < 4.78 is 0. The van der Waals surface area contributed by atoms with Crippen molar-refractivity contribution in [2.24, 2.45) is 5.92 Å². The van der Waals surface area contributed by atoms with E-state index >= 15 is 0 Å². The molecule has 0 heteroatoms. The predicted molar refractivity (Wildman–Crippen MR) is 134 cm³/mol. The van der Waals surface area contributed by atoms with Crippen LogP contribution in [0, 0.1) is 5.92 Å². The van der Waals surface area contributed by atoms with Crippen molar-refractivity contribution in [3.05, 3.63) is 65.7 Å². The molecule has 162 valence electrons. The topological polar surface area (TPSA) is 0 Å². The zero-order chi connectivity index (χ0) is 21.0. The van der Waals surface area contributed by atoms with Crippen LogP contribution >= 0.6 is 0 Å². The number of allylic oxidation sites excluding steroid dienone is 2. The van der Waals surface area contributed by atoms with Gasteiger partial charge in [-0.25, -0.2) is 0 Å². The first-order valence-corrected chi connectivity index (χ1v) is 12.7. The van der Waals surface area contributed by atoms with E-state index in [2.05, 4.69) is 68.5 Å². The maximum atomic E-state index is 2.53. The van der Waals surface area contributed by atoms with Crippen LogP contribution in [0.25, 0.3) is 16.7 Å². The van der Waals surface area contributed by atoms with Crippen molar-refractivity contribution >= 4 is 5.57 Å². The number of rotatable bonds is 12. The first-order chi connectivity index (χ1) is 14.8. The fraction of sp³-hybridized carbons (Fsp3) is 0.533. The van der Waals surface area contributed by atoms with Gasteiger partial charge < -0.3 is 0 Å². The zero-order valence-electron chi connectivity index (χ0n) is 19.5. The molecule has 1 atom stereocenters. The van der Waals surface area contributed by atoms with Gasteiger partial charge in [-0.1, -0.05) is 120 Å². The highest BCUT2D eigenvalue weighted by Gasteiger charge is 2.15. The van der Waals surface area contributed by atoms with E-state index < -0.39 is 0 Å². The lowest BCUT2D eigenvalue weighted by Crippen LogP contribution is -2.05. The summed E-state index contributed by atoms with van der Waals surface area (Å²) in [7, 11) is 0. The van der Waals surface area contributed by atoms with Gasteiger partial charge in [-0.15, -0.1) is 0 Å². The molecule has 0 radical (unpaired) electrons.